The standard InChI is InChI=1S/C16H18Cl2N2/c1-3-11-4-6-12(7-5-11)10-20(2)16-14(17)8-13(19)9-15(16)18/h4-9H,3,10,19H2,1-2H3. The van der Waals surface area contributed by atoms with Crippen molar-refractivity contribution in [2.24, 2.45) is 0 Å². The molecular weight excluding hydrogens is 291 g/mol. The molecule has 4 heteroatoms. The molecule has 0 amide bonds. The zero-order chi connectivity index (χ0) is 14.7. The summed E-state index contributed by atoms with van der Waals surface area (Å²) in [6, 6.07) is 12.0. The van der Waals surface area contributed by atoms with E-state index in [1.54, 1.807) is 12.1 Å². The molecule has 0 saturated carbocycles. The van der Waals surface area contributed by atoms with Crippen molar-refractivity contribution in [3.8, 4) is 0 Å². The first-order valence-electron chi connectivity index (χ1n) is 6.54. The molecule has 0 aliphatic carbocycles. The Morgan fingerprint density at radius 2 is 1.50 bits per heavy atom. The minimum absolute atomic E-state index is 0.572. The smallest absolute Gasteiger partial charge is 0.0746 e. The molecule has 0 aromatic heterocycles. The lowest BCUT2D eigenvalue weighted by Gasteiger charge is -2.22. The molecule has 2 aromatic rings. The number of hydrogen-bond donors (Lipinski definition) is 1. The fourth-order valence-corrected chi connectivity index (χ4v) is 2.98. The zero-order valence-electron chi connectivity index (χ0n) is 11.7. The van der Waals surface area contributed by atoms with Gasteiger partial charge in [-0.05, 0) is 29.7 Å². The van der Waals surface area contributed by atoms with Crippen molar-refractivity contribution in [2.75, 3.05) is 17.7 Å². The van der Waals surface area contributed by atoms with E-state index in [1.807, 2.05) is 11.9 Å². The van der Waals surface area contributed by atoms with Gasteiger partial charge in [-0.1, -0.05) is 54.4 Å². The Morgan fingerprint density at radius 1 is 1.00 bits per heavy atom. The number of nitrogens with zero attached hydrogens (tertiary/aromatic N) is 1. The minimum Gasteiger partial charge on any atom is -0.399 e. The third-order valence-corrected chi connectivity index (χ3v) is 3.85. The average molecular weight is 309 g/mol. The van der Waals surface area contributed by atoms with Gasteiger partial charge in [0.05, 0.1) is 15.7 Å². The third kappa shape index (κ3) is 3.38. The molecule has 0 aliphatic heterocycles. The summed E-state index contributed by atoms with van der Waals surface area (Å²) in [7, 11) is 1.97. The lowest BCUT2D eigenvalue weighted by molar-refractivity contribution is 0.921. The fraction of sp³-hybridized carbons (Fsp3) is 0.250. The van der Waals surface area contributed by atoms with Gasteiger partial charge in [-0.15, -0.1) is 0 Å². The molecule has 0 radical (unpaired) electrons. The minimum atomic E-state index is 0.572. The van der Waals surface area contributed by atoms with Gasteiger partial charge in [0.25, 0.3) is 0 Å². The first-order valence-corrected chi connectivity index (χ1v) is 7.30. The van der Waals surface area contributed by atoms with Crippen LogP contribution in [0.15, 0.2) is 36.4 Å². The van der Waals surface area contributed by atoms with Crippen molar-refractivity contribution in [3.63, 3.8) is 0 Å². The zero-order valence-corrected chi connectivity index (χ0v) is 13.2. The maximum Gasteiger partial charge on any atom is 0.0746 e. The van der Waals surface area contributed by atoms with Crippen LogP contribution in [-0.2, 0) is 13.0 Å². The van der Waals surface area contributed by atoms with Gasteiger partial charge >= 0.3 is 0 Å². The van der Waals surface area contributed by atoms with Crippen LogP contribution in [0.3, 0.4) is 0 Å². The summed E-state index contributed by atoms with van der Waals surface area (Å²) in [5.41, 5.74) is 9.66. The highest BCUT2D eigenvalue weighted by Crippen LogP contribution is 2.35. The van der Waals surface area contributed by atoms with E-state index in [9.17, 15) is 0 Å². The van der Waals surface area contributed by atoms with Crippen LogP contribution < -0.4 is 10.6 Å². The Hall–Kier alpha value is -1.38. The molecule has 2 rings (SSSR count). The van der Waals surface area contributed by atoms with Crippen LogP contribution in [0.2, 0.25) is 10.0 Å². The molecule has 0 atom stereocenters. The highest BCUT2D eigenvalue weighted by atomic mass is 35.5. The van der Waals surface area contributed by atoms with E-state index >= 15 is 0 Å². The normalized spacial score (nSPS) is 10.6. The summed E-state index contributed by atoms with van der Waals surface area (Å²) in [6.07, 6.45) is 1.05. The van der Waals surface area contributed by atoms with Gasteiger partial charge < -0.3 is 10.6 Å². The number of nitrogen functional groups attached to an aromatic ring is 1. The summed E-state index contributed by atoms with van der Waals surface area (Å²) in [4.78, 5) is 2.03. The van der Waals surface area contributed by atoms with Gasteiger partial charge in [-0.2, -0.15) is 0 Å². The molecule has 0 aliphatic rings. The molecule has 20 heavy (non-hydrogen) atoms. The number of halogens is 2. The number of rotatable bonds is 4. The first-order chi connectivity index (χ1) is 9.51. The Morgan fingerprint density at radius 3 is 2.00 bits per heavy atom. The monoisotopic (exact) mass is 308 g/mol. The van der Waals surface area contributed by atoms with Crippen LogP contribution in [0.4, 0.5) is 11.4 Å². The van der Waals surface area contributed by atoms with E-state index in [0.29, 0.717) is 15.7 Å². The number of hydrogen-bond acceptors (Lipinski definition) is 2. The van der Waals surface area contributed by atoms with Crippen molar-refractivity contribution in [3.05, 3.63) is 57.6 Å². The van der Waals surface area contributed by atoms with Crippen molar-refractivity contribution in [2.45, 2.75) is 19.9 Å². The highest BCUT2D eigenvalue weighted by Gasteiger charge is 2.12. The molecule has 0 bridgehead atoms. The maximum absolute atomic E-state index is 6.24. The molecule has 0 fully saturated rings. The number of anilines is 2. The van der Waals surface area contributed by atoms with Gasteiger partial charge in [0.1, 0.15) is 0 Å². The fourth-order valence-electron chi connectivity index (χ4n) is 2.18. The predicted octanol–water partition coefficient (Wildman–Crippen LogP) is 4.77. The van der Waals surface area contributed by atoms with E-state index < -0.39 is 0 Å². The van der Waals surface area contributed by atoms with Crippen molar-refractivity contribution < 1.29 is 0 Å². The number of nitrogens with two attached hydrogens (primary N) is 1. The molecule has 106 valence electrons. The number of aryl methyl sites for hydroxylation is 1. The summed E-state index contributed by atoms with van der Waals surface area (Å²) in [5, 5.41) is 1.14. The number of benzene rings is 2. The Kier molecular flexibility index (Phi) is 4.79. The SMILES string of the molecule is CCc1ccc(CN(C)c2c(Cl)cc(N)cc2Cl)cc1. The van der Waals surface area contributed by atoms with Crippen LogP contribution in [0, 0.1) is 0 Å². The Labute approximate surface area is 130 Å². The van der Waals surface area contributed by atoms with Gasteiger partial charge in [0.15, 0.2) is 0 Å². The van der Waals surface area contributed by atoms with Gasteiger partial charge in [0.2, 0.25) is 0 Å². The Bertz CT molecular complexity index is 571. The summed E-state index contributed by atoms with van der Waals surface area (Å²) in [6.45, 7) is 2.89. The molecule has 2 nitrogen and oxygen atoms in total. The van der Waals surface area contributed by atoms with Crippen LogP contribution in [-0.4, -0.2) is 7.05 Å². The quantitative estimate of drug-likeness (QED) is 0.824. The largest absolute Gasteiger partial charge is 0.399 e. The summed E-state index contributed by atoms with van der Waals surface area (Å²) < 4.78 is 0. The summed E-state index contributed by atoms with van der Waals surface area (Å²) >= 11 is 12.5. The van der Waals surface area contributed by atoms with E-state index in [0.717, 1.165) is 18.7 Å². The van der Waals surface area contributed by atoms with E-state index in [4.69, 9.17) is 28.9 Å². The first kappa shape index (κ1) is 15.0. The second kappa shape index (κ2) is 6.38. The van der Waals surface area contributed by atoms with Crippen molar-refractivity contribution in [1.82, 2.24) is 0 Å². The molecule has 0 heterocycles. The van der Waals surface area contributed by atoms with E-state index in [2.05, 4.69) is 31.2 Å². The maximum atomic E-state index is 6.24. The predicted molar refractivity (Wildman–Crippen MR) is 88.8 cm³/mol. The van der Waals surface area contributed by atoms with E-state index in [1.165, 1.54) is 11.1 Å². The molecule has 0 spiro atoms. The lowest BCUT2D eigenvalue weighted by atomic mass is 10.1. The lowest BCUT2D eigenvalue weighted by Crippen LogP contribution is -2.17. The van der Waals surface area contributed by atoms with Crippen LogP contribution in [0.5, 0.6) is 0 Å². The van der Waals surface area contributed by atoms with Gasteiger partial charge in [0, 0.05) is 19.3 Å². The summed E-state index contributed by atoms with van der Waals surface area (Å²) in [5.74, 6) is 0. The molecule has 2 aromatic carbocycles. The van der Waals surface area contributed by atoms with Crippen molar-refractivity contribution >= 4 is 34.6 Å². The van der Waals surface area contributed by atoms with Crippen LogP contribution in [0.25, 0.3) is 0 Å². The molecular formula is C16H18Cl2N2. The molecule has 0 saturated heterocycles. The van der Waals surface area contributed by atoms with Gasteiger partial charge in [-0.25, -0.2) is 0 Å². The third-order valence-electron chi connectivity index (χ3n) is 3.27. The van der Waals surface area contributed by atoms with Crippen molar-refractivity contribution in [1.29, 1.82) is 0 Å². The molecule has 0 unspecified atom stereocenters. The Balaban J connectivity index is 2.21. The highest BCUT2D eigenvalue weighted by molar-refractivity contribution is 6.39. The topological polar surface area (TPSA) is 29.3 Å². The second-order valence-corrected chi connectivity index (χ2v) is 5.67. The van der Waals surface area contributed by atoms with E-state index in [-0.39, 0.29) is 0 Å². The average Bonchev–Trinajstić information content (AvgIpc) is 2.38. The van der Waals surface area contributed by atoms with Crippen LogP contribution in [0.1, 0.15) is 18.1 Å². The molecule has 2 N–H and O–H groups in total. The van der Waals surface area contributed by atoms with Crippen LogP contribution >= 0.6 is 23.2 Å². The van der Waals surface area contributed by atoms with Gasteiger partial charge in [-0.3, -0.25) is 0 Å². The second-order valence-electron chi connectivity index (χ2n) is 4.86.